The van der Waals surface area contributed by atoms with Crippen LogP contribution in [0, 0.1) is 0 Å². The van der Waals surface area contributed by atoms with Crippen molar-refractivity contribution in [3.8, 4) is 11.5 Å². The van der Waals surface area contributed by atoms with E-state index in [0.717, 1.165) is 15.6 Å². The molecule has 0 amide bonds. The Balaban J connectivity index is 2.01. The Morgan fingerprint density at radius 3 is 2.67 bits per heavy atom. The Bertz CT molecular complexity index is 794. The summed E-state index contributed by atoms with van der Waals surface area (Å²) in [4.78, 5) is 0. The summed E-state index contributed by atoms with van der Waals surface area (Å²) in [5.74, 6) is 1.36. The number of nitrogens with one attached hydrogen (secondary N) is 2. The van der Waals surface area contributed by atoms with Crippen LogP contribution in [0.1, 0.15) is 18.1 Å². The van der Waals surface area contributed by atoms with E-state index >= 15 is 0 Å². The maximum Gasteiger partial charge on any atom is 0.187 e. The van der Waals surface area contributed by atoms with Crippen molar-refractivity contribution in [2.24, 2.45) is 5.10 Å². The standard InChI is InChI=1S/C20H22BrN3O2S/c1-3-11-22-20(27)24-23-13-16-7-10-18(19(12-16)25-4-2)26-14-15-5-8-17(21)9-6-15/h3,5-10,12-13H,1,4,11,14H2,2H3,(H2,22,24,27)/b23-13+. The molecule has 0 aliphatic heterocycles. The summed E-state index contributed by atoms with van der Waals surface area (Å²) in [6.45, 7) is 7.15. The summed E-state index contributed by atoms with van der Waals surface area (Å²) in [7, 11) is 0. The molecule has 0 radical (unpaired) electrons. The van der Waals surface area contributed by atoms with Gasteiger partial charge in [0.1, 0.15) is 6.61 Å². The molecule has 0 aliphatic rings. The third-order valence-corrected chi connectivity index (χ3v) is 4.13. The van der Waals surface area contributed by atoms with Crippen molar-refractivity contribution < 1.29 is 9.47 Å². The van der Waals surface area contributed by atoms with Gasteiger partial charge in [0.25, 0.3) is 0 Å². The molecule has 0 unspecified atom stereocenters. The van der Waals surface area contributed by atoms with Gasteiger partial charge in [-0.1, -0.05) is 34.1 Å². The van der Waals surface area contributed by atoms with Gasteiger partial charge >= 0.3 is 0 Å². The summed E-state index contributed by atoms with van der Waals surface area (Å²) in [6, 6.07) is 13.7. The number of benzene rings is 2. The fourth-order valence-corrected chi connectivity index (χ4v) is 2.50. The summed E-state index contributed by atoms with van der Waals surface area (Å²) in [5.41, 5.74) is 4.70. The van der Waals surface area contributed by atoms with Gasteiger partial charge in [-0.3, -0.25) is 5.43 Å². The van der Waals surface area contributed by atoms with Crippen molar-refractivity contribution in [2.45, 2.75) is 13.5 Å². The van der Waals surface area contributed by atoms with Crippen LogP contribution in [0.4, 0.5) is 0 Å². The molecule has 2 rings (SSSR count). The van der Waals surface area contributed by atoms with Crippen LogP contribution in [0.25, 0.3) is 0 Å². The molecular formula is C20H22BrN3O2S. The van der Waals surface area contributed by atoms with Crippen LogP contribution in [0.5, 0.6) is 11.5 Å². The Kier molecular flexibility index (Phi) is 8.80. The van der Waals surface area contributed by atoms with Gasteiger partial charge in [-0.05, 0) is 60.6 Å². The fraction of sp³-hybridized carbons (Fsp3) is 0.200. The predicted octanol–water partition coefficient (Wildman–Crippen LogP) is 4.41. The molecule has 0 fully saturated rings. The average Bonchev–Trinajstić information content (AvgIpc) is 2.67. The molecule has 0 saturated heterocycles. The molecular weight excluding hydrogens is 426 g/mol. The number of rotatable bonds is 9. The van der Waals surface area contributed by atoms with Crippen molar-refractivity contribution in [3.05, 3.63) is 70.7 Å². The van der Waals surface area contributed by atoms with Crippen molar-refractivity contribution >= 4 is 39.5 Å². The molecule has 0 aliphatic carbocycles. The smallest absolute Gasteiger partial charge is 0.187 e. The van der Waals surface area contributed by atoms with Gasteiger partial charge in [-0.25, -0.2) is 0 Å². The molecule has 142 valence electrons. The highest BCUT2D eigenvalue weighted by Crippen LogP contribution is 2.29. The van der Waals surface area contributed by atoms with Crippen molar-refractivity contribution in [1.82, 2.24) is 10.7 Å². The van der Waals surface area contributed by atoms with Gasteiger partial charge in [0.2, 0.25) is 0 Å². The second-order valence-electron chi connectivity index (χ2n) is 5.42. The number of hydrazone groups is 1. The van der Waals surface area contributed by atoms with Gasteiger partial charge in [0.15, 0.2) is 16.6 Å². The Labute approximate surface area is 173 Å². The van der Waals surface area contributed by atoms with E-state index in [4.69, 9.17) is 21.7 Å². The van der Waals surface area contributed by atoms with E-state index in [0.29, 0.717) is 36.4 Å². The normalized spacial score (nSPS) is 10.4. The van der Waals surface area contributed by atoms with E-state index in [1.165, 1.54) is 0 Å². The number of ether oxygens (including phenoxy) is 2. The van der Waals surface area contributed by atoms with Gasteiger partial charge < -0.3 is 14.8 Å². The largest absolute Gasteiger partial charge is 0.490 e. The van der Waals surface area contributed by atoms with Crippen molar-refractivity contribution in [3.63, 3.8) is 0 Å². The zero-order valence-electron chi connectivity index (χ0n) is 15.1. The van der Waals surface area contributed by atoms with E-state index < -0.39 is 0 Å². The molecule has 2 aromatic rings. The van der Waals surface area contributed by atoms with Crippen LogP contribution in [0.3, 0.4) is 0 Å². The molecule has 0 bridgehead atoms. The lowest BCUT2D eigenvalue weighted by Gasteiger charge is -2.12. The number of nitrogens with zero attached hydrogens (tertiary/aromatic N) is 1. The molecule has 0 aromatic heterocycles. The van der Waals surface area contributed by atoms with Crippen molar-refractivity contribution in [2.75, 3.05) is 13.2 Å². The minimum atomic E-state index is 0.436. The first-order valence-electron chi connectivity index (χ1n) is 8.44. The third kappa shape index (κ3) is 7.40. The highest BCUT2D eigenvalue weighted by atomic mass is 79.9. The second kappa shape index (κ2) is 11.4. The second-order valence-corrected chi connectivity index (χ2v) is 6.75. The molecule has 7 heteroatoms. The van der Waals surface area contributed by atoms with Crippen LogP contribution in [-0.4, -0.2) is 24.5 Å². The van der Waals surface area contributed by atoms with E-state index in [1.807, 2.05) is 49.4 Å². The zero-order chi connectivity index (χ0) is 19.5. The van der Waals surface area contributed by atoms with Gasteiger partial charge in [-0.15, -0.1) is 6.58 Å². The van der Waals surface area contributed by atoms with Crippen LogP contribution in [0.2, 0.25) is 0 Å². The maximum absolute atomic E-state index is 5.92. The highest BCUT2D eigenvalue weighted by Gasteiger charge is 2.06. The first kappa shape index (κ1) is 20.9. The highest BCUT2D eigenvalue weighted by molar-refractivity contribution is 9.10. The first-order valence-corrected chi connectivity index (χ1v) is 9.64. The molecule has 2 aromatic carbocycles. The SMILES string of the molecule is C=CCNC(=S)N/N=C/c1ccc(OCc2ccc(Br)cc2)c(OCC)c1. The van der Waals surface area contributed by atoms with E-state index in [9.17, 15) is 0 Å². The van der Waals surface area contributed by atoms with Crippen LogP contribution in [0.15, 0.2) is 64.7 Å². The Hall–Kier alpha value is -2.38. The number of hydrogen-bond donors (Lipinski definition) is 2. The van der Waals surface area contributed by atoms with Gasteiger partial charge in [-0.2, -0.15) is 5.10 Å². The van der Waals surface area contributed by atoms with Crippen LogP contribution in [-0.2, 0) is 6.61 Å². The third-order valence-electron chi connectivity index (χ3n) is 3.36. The summed E-state index contributed by atoms with van der Waals surface area (Å²) >= 11 is 8.51. The maximum atomic E-state index is 5.92. The number of hydrogen-bond acceptors (Lipinski definition) is 4. The van der Waals surface area contributed by atoms with Crippen LogP contribution < -0.4 is 20.2 Å². The van der Waals surface area contributed by atoms with E-state index in [1.54, 1.807) is 12.3 Å². The summed E-state index contributed by atoms with van der Waals surface area (Å²) in [5, 5.41) is 7.49. The van der Waals surface area contributed by atoms with Gasteiger partial charge in [0, 0.05) is 11.0 Å². The first-order chi connectivity index (χ1) is 13.1. The lowest BCUT2D eigenvalue weighted by atomic mass is 10.2. The predicted molar refractivity (Wildman–Crippen MR) is 118 cm³/mol. The molecule has 2 N–H and O–H groups in total. The Morgan fingerprint density at radius 2 is 1.96 bits per heavy atom. The monoisotopic (exact) mass is 447 g/mol. The summed E-state index contributed by atoms with van der Waals surface area (Å²) < 4.78 is 12.7. The molecule has 0 heterocycles. The Morgan fingerprint density at radius 1 is 1.19 bits per heavy atom. The van der Waals surface area contributed by atoms with Crippen molar-refractivity contribution in [1.29, 1.82) is 0 Å². The molecule has 5 nitrogen and oxygen atoms in total. The van der Waals surface area contributed by atoms with Crippen LogP contribution >= 0.6 is 28.1 Å². The fourth-order valence-electron chi connectivity index (χ4n) is 2.10. The van der Waals surface area contributed by atoms with E-state index in [2.05, 4.69) is 38.4 Å². The summed E-state index contributed by atoms with van der Waals surface area (Å²) in [6.07, 6.45) is 3.39. The average molecular weight is 448 g/mol. The topological polar surface area (TPSA) is 54.9 Å². The lowest BCUT2D eigenvalue weighted by Crippen LogP contribution is -2.31. The minimum Gasteiger partial charge on any atom is -0.490 e. The van der Waals surface area contributed by atoms with Gasteiger partial charge in [0.05, 0.1) is 12.8 Å². The number of halogens is 1. The van der Waals surface area contributed by atoms with E-state index in [-0.39, 0.29) is 0 Å². The molecule has 27 heavy (non-hydrogen) atoms. The molecule has 0 saturated carbocycles. The molecule has 0 spiro atoms. The minimum absolute atomic E-state index is 0.436. The quantitative estimate of drug-likeness (QED) is 0.258. The molecule has 0 atom stereocenters. The lowest BCUT2D eigenvalue weighted by molar-refractivity contribution is 0.269. The zero-order valence-corrected chi connectivity index (χ0v) is 17.5. The number of thiocarbonyl (C=S) groups is 1.